The van der Waals surface area contributed by atoms with E-state index < -0.39 is 23.6 Å². The molecule has 0 unspecified atom stereocenters. The van der Waals surface area contributed by atoms with Gasteiger partial charge in [0.25, 0.3) is 0 Å². The SMILES string of the molecule is CCOC(=O)C1=C(c2ccccc2)OC(C(=O)OC)(C(=O)OC)N1c1ccc2ccccc2c1. The summed E-state index contributed by atoms with van der Waals surface area (Å²) in [4.78, 5) is 40.9. The molecule has 0 amide bonds. The number of rotatable bonds is 6. The van der Waals surface area contributed by atoms with E-state index in [1.54, 1.807) is 49.4 Å². The molecule has 34 heavy (non-hydrogen) atoms. The van der Waals surface area contributed by atoms with Crippen molar-refractivity contribution in [3.8, 4) is 0 Å². The largest absolute Gasteiger partial charge is 0.464 e. The fraction of sp³-hybridized carbons (Fsp3) is 0.192. The highest BCUT2D eigenvalue weighted by atomic mass is 16.6. The second-order valence-corrected chi connectivity index (χ2v) is 7.36. The molecule has 8 heteroatoms. The normalized spacial score (nSPS) is 14.5. The number of anilines is 1. The summed E-state index contributed by atoms with van der Waals surface area (Å²) in [6.45, 7) is 1.73. The Morgan fingerprint density at radius 3 is 2.09 bits per heavy atom. The number of fused-ring (bicyclic) bond motifs is 1. The van der Waals surface area contributed by atoms with Crippen molar-refractivity contribution >= 4 is 40.1 Å². The molecule has 0 radical (unpaired) electrons. The van der Waals surface area contributed by atoms with Crippen LogP contribution >= 0.6 is 0 Å². The van der Waals surface area contributed by atoms with Gasteiger partial charge in [0.15, 0.2) is 11.5 Å². The van der Waals surface area contributed by atoms with Gasteiger partial charge in [0, 0.05) is 11.3 Å². The van der Waals surface area contributed by atoms with Gasteiger partial charge in [-0.1, -0.05) is 60.7 Å². The molecule has 1 aliphatic rings. The van der Waals surface area contributed by atoms with Gasteiger partial charge in [-0.15, -0.1) is 0 Å². The first kappa shape index (κ1) is 22.8. The molecule has 0 bridgehead atoms. The van der Waals surface area contributed by atoms with Crippen LogP contribution < -0.4 is 4.90 Å². The number of benzene rings is 3. The predicted octanol–water partition coefficient (Wildman–Crippen LogP) is 3.65. The van der Waals surface area contributed by atoms with E-state index in [1.807, 2.05) is 30.3 Å². The van der Waals surface area contributed by atoms with Crippen LogP contribution in [0.5, 0.6) is 0 Å². The number of hydrogen-bond donors (Lipinski definition) is 0. The van der Waals surface area contributed by atoms with Crippen molar-refractivity contribution in [3.05, 3.63) is 84.1 Å². The van der Waals surface area contributed by atoms with Crippen molar-refractivity contribution in [2.24, 2.45) is 0 Å². The second-order valence-electron chi connectivity index (χ2n) is 7.36. The third kappa shape index (κ3) is 3.63. The molecule has 0 atom stereocenters. The zero-order chi connectivity index (χ0) is 24.3. The van der Waals surface area contributed by atoms with Gasteiger partial charge in [-0.3, -0.25) is 4.90 Å². The van der Waals surface area contributed by atoms with E-state index in [1.165, 1.54) is 4.90 Å². The van der Waals surface area contributed by atoms with Crippen molar-refractivity contribution in [3.63, 3.8) is 0 Å². The van der Waals surface area contributed by atoms with Gasteiger partial charge in [-0.2, -0.15) is 0 Å². The highest BCUT2D eigenvalue weighted by molar-refractivity contribution is 6.15. The lowest BCUT2D eigenvalue weighted by atomic mass is 10.1. The molecule has 3 aromatic rings. The van der Waals surface area contributed by atoms with Gasteiger partial charge in [0.1, 0.15) is 0 Å². The number of nitrogens with zero attached hydrogens (tertiary/aromatic N) is 1. The first-order chi connectivity index (χ1) is 16.5. The smallest absolute Gasteiger partial charge is 0.386 e. The molecule has 174 valence electrons. The number of carbonyl (C=O) groups excluding carboxylic acids is 3. The summed E-state index contributed by atoms with van der Waals surface area (Å²) in [7, 11) is 2.25. The maximum atomic E-state index is 13.3. The Kier molecular flexibility index (Phi) is 6.23. The molecule has 4 rings (SSSR count). The molecule has 0 fully saturated rings. The van der Waals surface area contributed by atoms with Gasteiger partial charge < -0.3 is 18.9 Å². The maximum Gasteiger partial charge on any atom is 0.386 e. The Labute approximate surface area is 196 Å². The van der Waals surface area contributed by atoms with Crippen molar-refractivity contribution in [2.75, 3.05) is 25.7 Å². The van der Waals surface area contributed by atoms with Gasteiger partial charge in [-0.25, -0.2) is 14.4 Å². The standard InChI is InChI=1S/C26H23NO7/c1-4-33-23(28)21-22(18-11-6-5-7-12-18)34-26(24(29)31-2,25(30)32-3)27(21)20-15-14-17-10-8-9-13-19(17)16-20/h5-16H,4H2,1-3H3. The van der Waals surface area contributed by atoms with Crippen LogP contribution in [0.4, 0.5) is 5.69 Å². The van der Waals surface area contributed by atoms with E-state index in [9.17, 15) is 14.4 Å². The quantitative estimate of drug-likeness (QED) is 0.312. The lowest BCUT2D eigenvalue weighted by Crippen LogP contribution is -2.60. The molecule has 0 aliphatic carbocycles. The van der Waals surface area contributed by atoms with Crippen LogP contribution in [-0.4, -0.2) is 44.5 Å². The summed E-state index contributed by atoms with van der Waals surface area (Å²) >= 11 is 0. The van der Waals surface area contributed by atoms with E-state index >= 15 is 0 Å². The molecule has 1 aliphatic heterocycles. The zero-order valence-corrected chi connectivity index (χ0v) is 18.9. The molecular formula is C26H23NO7. The molecule has 8 nitrogen and oxygen atoms in total. The minimum atomic E-state index is -2.45. The highest BCUT2D eigenvalue weighted by Crippen LogP contribution is 2.45. The van der Waals surface area contributed by atoms with Gasteiger partial charge >= 0.3 is 23.6 Å². The van der Waals surface area contributed by atoms with Crippen LogP contribution in [0.2, 0.25) is 0 Å². The van der Waals surface area contributed by atoms with E-state index in [0.717, 1.165) is 25.0 Å². The topological polar surface area (TPSA) is 91.4 Å². The molecule has 1 heterocycles. The van der Waals surface area contributed by atoms with Crippen LogP contribution in [0.15, 0.2) is 78.5 Å². The van der Waals surface area contributed by atoms with Crippen LogP contribution in [-0.2, 0) is 33.3 Å². The molecular weight excluding hydrogens is 438 g/mol. The summed E-state index contributed by atoms with van der Waals surface area (Å²) < 4.78 is 21.3. The summed E-state index contributed by atoms with van der Waals surface area (Å²) in [6, 6.07) is 21.4. The lowest BCUT2D eigenvalue weighted by Gasteiger charge is -2.34. The number of ether oxygens (including phenoxy) is 4. The van der Waals surface area contributed by atoms with Crippen molar-refractivity contribution in [1.82, 2.24) is 0 Å². The number of esters is 3. The third-order valence-corrected chi connectivity index (χ3v) is 5.42. The number of hydrogen-bond acceptors (Lipinski definition) is 8. The monoisotopic (exact) mass is 461 g/mol. The van der Waals surface area contributed by atoms with Crippen LogP contribution in [0.25, 0.3) is 16.5 Å². The average molecular weight is 461 g/mol. The summed E-state index contributed by atoms with van der Waals surface area (Å²) in [5.74, 6) is -2.90. The van der Waals surface area contributed by atoms with E-state index in [4.69, 9.17) is 18.9 Å². The first-order valence-electron chi connectivity index (χ1n) is 10.6. The molecule has 0 aromatic heterocycles. The van der Waals surface area contributed by atoms with Crippen LogP contribution in [0.3, 0.4) is 0 Å². The van der Waals surface area contributed by atoms with Crippen molar-refractivity contribution in [2.45, 2.75) is 12.6 Å². The fourth-order valence-electron chi connectivity index (χ4n) is 3.92. The Bertz CT molecular complexity index is 1270. The Hall–Kier alpha value is -4.33. The fourth-order valence-corrected chi connectivity index (χ4v) is 3.92. The van der Waals surface area contributed by atoms with E-state index in [0.29, 0.717) is 11.3 Å². The highest BCUT2D eigenvalue weighted by Gasteiger charge is 2.64. The Morgan fingerprint density at radius 1 is 0.853 bits per heavy atom. The molecule has 0 spiro atoms. The predicted molar refractivity (Wildman–Crippen MR) is 124 cm³/mol. The summed E-state index contributed by atoms with van der Waals surface area (Å²) in [5, 5.41) is 1.75. The average Bonchev–Trinajstić information content (AvgIpc) is 3.25. The number of methoxy groups -OCH3 is 2. The molecule has 0 saturated carbocycles. The molecule has 0 N–H and O–H groups in total. The summed E-state index contributed by atoms with van der Waals surface area (Å²) in [6.07, 6.45) is 0. The van der Waals surface area contributed by atoms with Crippen molar-refractivity contribution < 1.29 is 33.3 Å². The maximum absolute atomic E-state index is 13.3. The van der Waals surface area contributed by atoms with Gasteiger partial charge in [0.2, 0.25) is 0 Å². The minimum Gasteiger partial charge on any atom is -0.464 e. The van der Waals surface area contributed by atoms with Gasteiger partial charge in [0.05, 0.1) is 20.8 Å². The van der Waals surface area contributed by atoms with Crippen LogP contribution in [0, 0.1) is 0 Å². The van der Waals surface area contributed by atoms with E-state index in [2.05, 4.69) is 0 Å². The van der Waals surface area contributed by atoms with Gasteiger partial charge in [-0.05, 0) is 29.8 Å². The second kappa shape index (κ2) is 9.27. The minimum absolute atomic E-state index is 0.0111. The Morgan fingerprint density at radius 2 is 1.47 bits per heavy atom. The Balaban J connectivity index is 2.06. The van der Waals surface area contributed by atoms with Crippen LogP contribution in [0.1, 0.15) is 12.5 Å². The molecule has 0 saturated heterocycles. The molecule has 3 aromatic carbocycles. The lowest BCUT2D eigenvalue weighted by molar-refractivity contribution is -0.177. The first-order valence-corrected chi connectivity index (χ1v) is 10.6. The number of carbonyl (C=O) groups is 3. The third-order valence-electron chi connectivity index (χ3n) is 5.42. The van der Waals surface area contributed by atoms with E-state index in [-0.39, 0.29) is 18.1 Å². The van der Waals surface area contributed by atoms with Crippen molar-refractivity contribution in [1.29, 1.82) is 0 Å². The zero-order valence-electron chi connectivity index (χ0n) is 18.9. The summed E-state index contributed by atoms with van der Waals surface area (Å²) in [5.41, 5.74) is -1.77.